The van der Waals surface area contributed by atoms with E-state index in [0.29, 0.717) is 13.0 Å². The average Bonchev–Trinajstić information content (AvgIpc) is 2.30. The Bertz CT molecular complexity index is 412. The van der Waals surface area contributed by atoms with Crippen molar-refractivity contribution in [2.45, 2.75) is 13.3 Å². The van der Waals surface area contributed by atoms with Gasteiger partial charge in [-0.1, -0.05) is 0 Å². The lowest BCUT2D eigenvalue weighted by Crippen LogP contribution is -2.23. The van der Waals surface area contributed by atoms with Gasteiger partial charge in [-0.25, -0.2) is 0 Å². The van der Waals surface area contributed by atoms with Crippen LogP contribution in [0.15, 0.2) is 17.1 Å². The van der Waals surface area contributed by atoms with Crippen molar-refractivity contribution in [3.8, 4) is 11.5 Å². The molecule has 0 amide bonds. The molecule has 1 aromatic carbocycles. The molecule has 5 heteroatoms. The molecule has 0 heterocycles. The fourth-order valence-corrected chi connectivity index (χ4v) is 1.61. The highest BCUT2D eigenvalue weighted by Gasteiger charge is 2.08. The number of hydrogen-bond donors (Lipinski definition) is 2. The summed E-state index contributed by atoms with van der Waals surface area (Å²) in [6.07, 6.45) is 0.706. The third-order valence-electron chi connectivity index (χ3n) is 2.47. The normalized spacial score (nSPS) is 9.82. The lowest BCUT2D eigenvalue weighted by Gasteiger charge is -2.12. The van der Waals surface area contributed by atoms with Crippen LogP contribution in [-0.2, 0) is 6.42 Å². The maximum atomic E-state index is 5.32. The van der Waals surface area contributed by atoms with Gasteiger partial charge in [0.25, 0.3) is 0 Å². The second-order valence-corrected chi connectivity index (χ2v) is 3.69. The van der Waals surface area contributed by atoms with Crippen LogP contribution in [0.2, 0.25) is 0 Å². The smallest absolute Gasteiger partial charge is 0.185 e. The summed E-state index contributed by atoms with van der Waals surface area (Å²) < 4.78 is 10.6. The van der Waals surface area contributed by atoms with Gasteiger partial charge in [0.05, 0.1) is 14.2 Å². The van der Waals surface area contributed by atoms with Crippen molar-refractivity contribution in [2.24, 2.45) is 16.5 Å². The predicted molar refractivity (Wildman–Crippen MR) is 68.7 cm³/mol. The van der Waals surface area contributed by atoms with Crippen LogP contribution in [0.3, 0.4) is 0 Å². The summed E-state index contributed by atoms with van der Waals surface area (Å²) in [5.41, 5.74) is 12.6. The summed E-state index contributed by atoms with van der Waals surface area (Å²) in [6, 6.07) is 3.90. The van der Waals surface area contributed by atoms with E-state index in [4.69, 9.17) is 20.9 Å². The molecule has 94 valence electrons. The highest BCUT2D eigenvalue weighted by molar-refractivity contribution is 5.75. The zero-order chi connectivity index (χ0) is 12.8. The molecule has 0 saturated heterocycles. The number of aryl methyl sites for hydroxylation is 1. The first-order chi connectivity index (χ1) is 8.08. The molecule has 5 nitrogen and oxygen atoms in total. The van der Waals surface area contributed by atoms with Gasteiger partial charge in [0.2, 0.25) is 0 Å². The number of nitrogens with two attached hydrogens (primary N) is 2. The molecule has 0 atom stereocenters. The number of rotatable bonds is 5. The Kier molecular flexibility index (Phi) is 4.63. The fraction of sp³-hybridized carbons (Fsp3) is 0.417. The van der Waals surface area contributed by atoms with Crippen LogP contribution in [-0.4, -0.2) is 26.7 Å². The molecular weight excluding hydrogens is 218 g/mol. The molecule has 0 saturated carbocycles. The molecule has 1 rings (SSSR count). The summed E-state index contributed by atoms with van der Waals surface area (Å²) in [4.78, 5) is 3.95. The Balaban J connectivity index is 2.92. The molecule has 0 aliphatic rings. The van der Waals surface area contributed by atoms with Crippen LogP contribution >= 0.6 is 0 Å². The van der Waals surface area contributed by atoms with Gasteiger partial charge in [-0.05, 0) is 36.6 Å². The monoisotopic (exact) mass is 237 g/mol. The lowest BCUT2D eigenvalue weighted by atomic mass is 10.1. The van der Waals surface area contributed by atoms with Crippen molar-refractivity contribution >= 4 is 5.96 Å². The van der Waals surface area contributed by atoms with Crippen LogP contribution < -0.4 is 20.9 Å². The standard InChI is InChI=1S/C12H19N3O2/c1-8-6-11(17-3)9(7-10(8)16-2)4-5-15-12(13)14/h6-7H,4-5H2,1-3H3,(H4,13,14,15). The molecule has 4 N–H and O–H groups in total. The minimum Gasteiger partial charge on any atom is -0.496 e. The van der Waals surface area contributed by atoms with Gasteiger partial charge in [-0.15, -0.1) is 0 Å². The van der Waals surface area contributed by atoms with Crippen LogP contribution in [0, 0.1) is 6.92 Å². The van der Waals surface area contributed by atoms with E-state index in [-0.39, 0.29) is 5.96 Å². The van der Waals surface area contributed by atoms with E-state index in [0.717, 1.165) is 22.6 Å². The van der Waals surface area contributed by atoms with Crippen molar-refractivity contribution in [3.63, 3.8) is 0 Å². The van der Waals surface area contributed by atoms with Crippen molar-refractivity contribution in [1.82, 2.24) is 0 Å². The molecule has 0 aliphatic carbocycles. The van der Waals surface area contributed by atoms with E-state index in [1.165, 1.54) is 0 Å². The van der Waals surface area contributed by atoms with Gasteiger partial charge in [-0.2, -0.15) is 0 Å². The Morgan fingerprint density at radius 1 is 1.18 bits per heavy atom. The van der Waals surface area contributed by atoms with Gasteiger partial charge < -0.3 is 20.9 Å². The molecule has 0 bridgehead atoms. The topological polar surface area (TPSA) is 82.9 Å². The Morgan fingerprint density at radius 3 is 2.35 bits per heavy atom. The van der Waals surface area contributed by atoms with Crippen molar-refractivity contribution in [1.29, 1.82) is 0 Å². The second kappa shape index (κ2) is 5.98. The van der Waals surface area contributed by atoms with Gasteiger partial charge >= 0.3 is 0 Å². The molecule has 0 fully saturated rings. The number of methoxy groups -OCH3 is 2. The molecule has 1 aromatic rings. The highest BCUT2D eigenvalue weighted by atomic mass is 16.5. The number of hydrogen-bond acceptors (Lipinski definition) is 3. The number of guanidine groups is 1. The first kappa shape index (κ1) is 13.2. The SMILES string of the molecule is COc1cc(CCN=C(N)N)c(OC)cc1C. The number of benzene rings is 1. The summed E-state index contributed by atoms with van der Waals surface area (Å²) in [6.45, 7) is 2.51. The number of ether oxygens (including phenoxy) is 2. The van der Waals surface area contributed by atoms with Crippen LogP contribution in [0.5, 0.6) is 11.5 Å². The largest absolute Gasteiger partial charge is 0.496 e. The minimum atomic E-state index is 0.100. The van der Waals surface area contributed by atoms with E-state index in [9.17, 15) is 0 Å². The molecule has 0 spiro atoms. The van der Waals surface area contributed by atoms with Gasteiger partial charge in [0.1, 0.15) is 11.5 Å². The zero-order valence-corrected chi connectivity index (χ0v) is 10.5. The van der Waals surface area contributed by atoms with E-state index in [1.54, 1.807) is 14.2 Å². The Labute approximate surface area is 101 Å². The Hall–Kier alpha value is -1.91. The highest BCUT2D eigenvalue weighted by Crippen LogP contribution is 2.28. The Morgan fingerprint density at radius 2 is 1.82 bits per heavy atom. The van der Waals surface area contributed by atoms with E-state index < -0.39 is 0 Å². The summed E-state index contributed by atoms with van der Waals surface area (Å²) in [7, 11) is 3.29. The van der Waals surface area contributed by atoms with Crippen LogP contribution in [0.25, 0.3) is 0 Å². The van der Waals surface area contributed by atoms with Crippen molar-refractivity contribution in [2.75, 3.05) is 20.8 Å². The number of nitrogens with zero attached hydrogens (tertiary/aromatic N) is 1. The molecule has 0 unspecified atom stereocenters. The molecular formula is C12H19N3O2. The minimum absolute atomic E-state index is 0.100. The molecule has 0 radical (unpaired) electrons. The third-order valence-corrected chi connectivity index (χ3v) is 2.47. The van der Waals surface area contributed by atoms with E-state index in [1.807, 2.05) is 19.1 Å². The van der Waals surface area contributed by atoms with E-state index in [2.05, 4.69) is 4.99 Å². The lowest BCUT2D eigenvalue weighted by molar-refractivity contribution is 0.396. The quantitative estimate of drug-likeness (QED) is 0.587. The summed E-state index contributed by atoms with van der Waals surface area (Å²) in [5, 5.41) is 0. The zero-order valence-electron chi connectivity index (χ0n) is 10.5. The maximum absolute atomic E-state index is 5.32. The summed E-state index contributed by atoms with van der Waals surface area (Å²) in [5.74, 6) is 1.77. The van der Waals surface area contributed by atoms with Gasteiger partial charge in [0, 0.05) is 6.54 Å². The third kappa shape index (κ3) is 3.55. The van der Waals surface area contributed by atoms with E-state index >= 15 is 0 Å². The number of aliphatic imine (C=N–C) groups is 1. The molecule has 17 heavy (non-hydrogen) atoms. The van der Waals surface area contributed by atoms with Gasteiger partial charge in [0.15, 0.2) is 5.96 Å². The first-order valence-corrected chi connectivity index (χ1v) is 5.35. The van der Waals surface area contributed by atoms with Crippen molar-refractivity contribution in [3.05, 3.63) is 23.3 Å². The summed E-state index contributed by atoms with van der Waals surface area (Å²) >= 11 is 0. The average molecular weight is 237 g/mol. The first-order valence-electron chi connectivity index (χ1n) is 5.35. The maximum Gasteiger partial charge on any atom is 0.185 e. The molecule has 0 aliphatic heterocycles. The molecule has 0 aromatic heterocycles. The fourth-order valence-electron chi connectivity index (χ4n) is 1.61. The second-order valence-electron chi connectivity index (χ2n) is 3.69. The van der Waals surface area contributed by atoms with Gasteiger partial charge in [-0.3, -0.25) is 4.99 Å². The van der Waals surface area contributed by atoms with Crippen LogP contribution in [0.1, 0.15) is 11.1 Å². The predicted octanol–water partition coefficient (Wildman–Crippen LogP) is 0.828. The van der Waals surface area contributed by atoms with Crippen molar-refractivity contribution < 1.29 is 9.47 Å². The van der Waals surface area contributed by atoms with Crippen LogP contribution in [0.4, 0.5) is 0 Å².